The van der Waals surface area contributed by atoms with Crippen LogP contribution in [0.1, 0.15) is 5.56 Å². The lowest BCUT2D eigenvalue weighted by Crippen LogP contribution is -2.04. The summed E-state index contributed by atoms with van der Waals surface area (Å²) in [5, 5.41) is 14.8. The van der Waals surface area contributed by atoms with Crippen molar-refractivity contribution in [2.75, 3.05) is 18.3 Å². The number of nitrogens with one attached hydrogen (secondary N) is 1. The van der Waals surface area contributed by atoms with Crippen molar-refractivity contribution in [2.45, 2.75) is 0 Å². The van der Waals surface area contributed by atoms with Gasteiger partial charge in [-0.1, -0.05) is 0 Å². The standard InChI is InChI=1S/C12H12N6O3/c1-21-9-4-2-8(3-5-9)6-16-17-12-10(18(19)20)11(13)14-7-15-12/h2-7H,1H3,(H3,13,14,15,17)/b16-6-. The van der Waals surface area contributed by atoms with Gasteiger partial charge in [-0.25, -0.2) is 9.97 Å². The molecule has 108 valence electrons. The first-order valence-corrected chi connectivity index (χ1v) is 5.80. The summed E-state index contributed by atoms with van der Waals surface area (Å²) in [6.07, 6.45) is 2.61. The van der Waals surface area contributed by atoms with E-state index in [9.17, 15) is 10.1 Å². The molecule has 0 saturated carbocycles. The lowest BCUT2D eigenvalue weighted by Gasteiger charge is -2.02. The van der Waals surface area contributed by atoms with Crippen LogP contribution in [-0.2, 0) is 0 Å². The third-order valence-corrected chi connectivity index (χ3v) is 2.53. The predicted molar refractivity (Wildman–Crippen MR) is 77.3 cm³/mol. The van der Waals surface area contributed by atoms with Gasteiger partial charge in [0.2, 0.25) is 11.6 Å². The number of hydrogen-bond acceptors (Lipinski definition) is 8. The Balaban J connectivity index is 2.14. The Bertz CT molecular complexity index is 671. The molecule has 0 bridgehead atoms. The van der Waals surface area contributed by atoms with E-state index in [1.807, 2.05) is 0 Å². The first kappa shape index (κ1) is 14.2. The van der Waals surface area contributed by atoms with Crippen LogP contribution in [0, 0.1) is 10.1 Å². The second kappa shape index (κ2) is 6.28. The van der Waals surface area contributed by atoms with E-state index in [-0.39, 0.29) is 11.6 Å². The van der Waals surface area contributed by atoms with Crippen molar-refractivity contribution in [3.05, 3.63) is 46.3 Å². The number of hydrogen-bond donors (Lipinski definition) is 2. The lowest BCUT2D eigenvalue weighted by atomic mass is 10.2. The minimum Gasteiger partial charge on any atom is -0.497 e. The quantitative estimate of drug-likeness (QED) is 0.483. The normalized spacial score (nSPS) is 10.5. The molecule has 0 amide bonds. The summed E-state index contributed by atoms with van der Waals surface area (Å²) < 4.78 is 5.03. The Morgan fingerprint density at radius 3 is 2.71 bits per heavy atom. The molecule has 2 rings (SSSR count). The van der Waals surface area contributed by atoms with Crippen molar-refractivity contribution in [1.29, 1.82) is 0 Å². The fraction of sp³-hybridized carbons (Fsp3) is 0.0833. The average Bonchev–Trinajstić information content (AvgIpc) is 2.47. The van der Waals surface area contributed by atoms with E-state index in [1.165, 1.54) is 6.21 Å². The van der Waals surface area contributed by atoms with Gasteiger partial charge in [-0.2, -0.15) is 5.10 Å². The summed E-state index contributed by atoms with van der Waals surface area (Å²) in [6.45, 7) is 0. The predicted octanol–water partition coefficient (Wildman–Crippen LogP) is 1.42. The van der Waals surface area contributed by atoms with Gasteiger partial charge in [-0.3, -0.25) is 15.5 Å². The molecule has 9 heteroatoms. The SMILES string of the molecule is COc1ccc(/C=N\Nc2ncnc(N)c2[N+](=O)[O-])cc1. The van der Waals surface area contributed by atoms with Crippen LogP contribution in [0.4, 0.5) is 17.3 Å². The van der Waals surface area contributed by atoms with Gasteiger partial charge >= 0.3 is 5.69 Å². The van der Waals surface area contributed by atoms with Crippen molar-refractivity contribution in [3.63, 3.8) is 0 Å². The number of nitrogens with two attached hydrogens (primary N) is 1. The van der Waals surface area contributed by atoms with E-state index >= 15 is 0 Å². The molecule has 0 atom stereocenters. The number of anilines is 2. The van der Waals surface area contributed by atoms with Crippen molar-refractivity contribution in [2.24, 2.45) is 5.10 Å². The maximum atomic E-state index is 10.9. The topological polar surface area (TPSA) is 129 Å². The van der Waals surface area contributed by atoms with Gasteiger partial charge in [0.15, 0.2) is 0 Å². The molecule has 0 radical (unpaired) electrons. The Hall–Kier alpha value is -3.23. The van der Waals surface area contributed by atoms with E-state index in [2.05, 4.69) is 20.5 Å². The number of ether oxygens (including phenoxy) is 1. The van der Waals surface area contributed by atoms with Gasteiger partial charge in [0.05, 0.1) is 18.2 Å². The molecule has 1 aromatic carbocycles. The molecule has 3 N–H and O–H groups in total. The van der Waals surface area contributed by atoms with Crippen LogP contribution in [0.5, 0.6) is 5.75 Å². The van der Waals surface area contributed by atoms with Gasteiger partial charge in [0, 0.05) is 0 Å². The maximum Gasteiger partial charge on any atom is 0.354 e. The van der Waals surface area contributed by atoms with Gasteiger partial charge in [-0.05, 0) is 29.8 Å². The smallest absolute Gasteiger partial charge is 0.354 e. The molecule has 9 nitrogen and oxygen atoms in total. The molecule has 0 spiro atoms. The highest BCUT2D eigenvalue weighted by molar-refractivity contribution is 5.80. The first-order chi connectivity index (χ1) is 10.1. The molecule has 1 aromatic heterocycles. The van der Waals surface area contributed by atoms with Crippen molar-refractivity contribution < 1.29 is 9.66 Å². The van der Waals surface area contributed by atoms with E-state index in [1.54, 1.807) is 31.4 Å². The highest BCUT2D eigenvalue weighted by Crippen LogP contribution is 2.25. The first-order valence-electron chi connectivity index (χ1n) is 5.80. The molecule has 1 heterocycles. The highest BCUT2D eigenvalue weighted by atomic mass is 16.6. The van der Waals surface area contributed by atoms with Crippen LogP contribution in [0.3, 0.4) is 0 Å². The summed E-state index contributed by atoms with van der Waals surface area (Å²) in [6, 6.07) is 7.11. The van der Waals surface area contributed by atoms with Crippen LogP contribution in [0.15, 0.2) is 35.7 Å². The third kappa shape index (κ3) is 3.41. The number of nitro groups is 1. The Morgan fingerprint density at radius 2 is 2.10 bits per heavy atom. The minimum atomic E-state index is -0.666. The summed E-state index contributed by atoms with van der Waals surface area (Å²) in [4.78, 5) is 17.5. The number of benzene rings is 1. The van der Waals surface area contributed by atoms with E-state index in [0.717, 1.165) is 17.6 Å². The zero-order valence-corrected chi connectivity index (χ0v) is 11.1. The second-order valence-corrected chi connectivity index (χ2v) is 3.86. The zero-order valence-electron chi connectivity index (χ0n) is 11.1. The van der Waals surface area contributed by atoms with Crippen LogP contribution >= 0.6 is 0 Å². The second-order valence-electron chi connectivity index (χ2n) is 3.86. The fourth-order valence-electron chi connectivity index (χ4n) is 1.51. The number of nitrogen functional groups attached to an aromatic ring is 1. The van der Waals surface area contributed by atoms with Crippen LogP contribution < -0.4 is 15.9 Å². The molecule has 21 heavy (non-hydrogen) atoms. The number of rotatable bonds is 5. The molecule has 0 unspecified atom stereocenters. The van der Waals surface area contributed by atoms with E-state index in [4.69, 9.17) is 10.5 Å². The third-order valence-electron chi connectivity index (χ3n) is 2.53. The summed E-state index contributed by atoms with van der Waals surface area (Å²) in [5.41, 5.74) is 8.29. The van der Waals surface area contributed by atoms with Gasteiger partial charge in [0.1, 0.15) is 12.1 Å². The monoisotopic (exact) mass is 288 g/mol. The summed E-state index contributed by atoms with van der Waals surface area (Å²) in [5.74, 6) is 0.425. The number of aromatic nitrogens is 2. The van der Waals surface area contributed by atoms with E-state index < -0.39 is 10.6 Å². The van der Waals surface area contributed by atoms with Crippen LogP contribution in [0.25, 0.3) is 0 Å². The molecule has 0 fully saturated rings. The Morgan fingerprint density at radius 1 is 1.38 bits per heavy atom. The van der Waals surface area contributed by atoms with Crippen molar-refractivity contribution >= 4 is 23.5 Å². The average molecular weight is 288 g/mol. The highest BCUT2D eigenvalue weighted by Gasteiger charge is 2.20. The van der Waals surface area contributed by atoms with Gasteiger partial charge in [-0.15, -0.1) is 0 Å². The van der Waals surface area contributed by atoms with E-state index in [0.29, 0.717) is 0 Å². The summed E-state index contributed by atoms with van der Waals surface area (Å²) in [7, 11) is 1.57. The fourth-order valence-corrected chi connectivity index (χ4v) is 1.51. The Labute approximate surface area is 119 Å². The summed E-state index contributed by atoms with van der Waals surface area (Å²) >= 11 is 0. The maximum absolute atomic E-state index is 10.9. The number of nitrogens with zero attached hydrogens (tertiary/aromatic N) is 4. The van der Waals surface area contributed by atoms with Gasteiger partial charge in [0.25, 0.3) is 0 Å². The molecule has 0 aliphatic rings. The molecular weight excluding hydrogens is 276 g/mol. The molecule has 0 aliphatic carbocycles. The van der Waals surface area contributed by atoms with Crippen molar-refractivity contribution in [1.82, 2.24) is 9.97 Å². The van der Waals surface area contributed by atoms with Crippen LogP contribution in [-0.4, -0.2) is 28.2 Å². The zero-order chi connectivity index (χ0) is 15.2. The molecule has 0 aliphatic heterocycles. The number of methoxy groups -OCH3 is 1. The molecule has 2 aromatic rings. The van der Waals surface area contributed by atoms with Gasteiger partial charge < -0.3 is 10.5 Å². The van der Waals surface area contributed by atoms with Crippen LogP contribution in [0.2, 0.25) is 0 Å². The Kier molecular flexibility index (Phi) is 4.24. The lowest BCUT2D eigenvalue weighted by molar-refractivity contribution is -0.383. The largest absolute Gasteiger partial charge is 0.497 e. The molecule has 0 saturated heterocycles. The number of hydrazone groups is 1. The van der Waals surface area contributed by atoms with Crippen molar-refractivity contribution in [3.8, 4) is 5.75 Å². The minimum absolute atomic E-state index is 0.0720. The molecular formula is C12H12N6O3.